The van der Waals surface area contributed by atoms with Crippen LogP contribution in [0.25, 0.3) is 10.9 Å². The third-order valence-electron chi connectivity index (χ3n) is 3.16. The molecule has 0 aliphatic carbocycles. The molecule has 0 spiro atoms. The second-order valence-corrected chi connectivity index (χ2v) is 5.38. The number of H-pyrrole nitrogens is 1. The summed E-state index contributed by atoms with van der Waals surface area (Å²) in [4.78, 5) is 15.1. The SMILES string of the molecule is O=C(NCc1c[nH]c2ccccc12)C1CSCN1. The smallest absolute Gasteiger partial charge is 0.238 e. The number of para-hydroxylation sites is 1. The lowest BCUT2D eigenvalue weighted by Crippen LogP contribution is -2.41. The number of fused-ring (bicyclic) bond motifs is 1. The lowest BCUT2D eigenvalue weighted by Gasteiger charge is -2.09. The minimum Gasteiger partial charge on any atom is -0.361 e. The Hall–Kier alpha value is -1.46. The molecule has 1 unspecified atom stereocenters. The maximum absolute atomic E-state index is 11.9. The summed E-state index contributed by atoms with van der Waals surface area (Å²) in [5.41, 5.74) is 2.24. The van der Waals surface area contributed by atoms with Gasteiger partial charge in [-0.2, -0.15) is 0 Å². The molecular formula is C13H15N3OS. The highest BCUT2D eigenvalue weighted by molar-refractivity contribution is 7.99. The number of rotatable bonds is 3. The van der Waals surface area contributed by atoms with Crippen LogP contribution in [0.2, 0.25) is 0 Å². The molecule has 1 fully saturated rings. The van der Waals surface area contributed by atoms with Crippen molar-refractivity contribution < 1.29 is 4.79 Å². The highest BCUT2D eigenvalue weighted by Crippen LogP contribution is 2.17. The fourth-order valence-electron chi connectivity index (χ4n) is 2.15. The Balaban J connectivity index is 1.67. The van der Waals surface area contributed by atoms with Crippen molar-refractivity contribution in [2.75, 3.05) is 11.6 Å². The summed E-state index contributed by atoms with van der Waals surface area (Å²) in [6, 6.07) is 8.07. The summed E-state index contributed by atoms with van der Waals surface area (Å²) in [7, 11) is 0. The van der Waals surface area contributed by atoms with Gasteiger partial charge >= 0.3 is 0 Å². The Kier molecular flexibility index (Phi) is 3.25. The van der Waals surface area contributed by atoms with E-state index in [2.05, 4.69) is 21.7 Å². The van der Waals surface area contributed by atoms with Crippen molar-refractivity contribution in [2.45, 2.75) is 12.6 Å². The van der Waals surface area contributed by atoms with Crippen LogP contribution in [0.3, 0.4) is 0 Å². The maximum Gasteiger partial charge on any atom is 0.238 e. The fraction of sp³-hybridized carbons (Fsp3) is 0.308. The van der Waals surface area contributed by atoms with Crippen LogP contribution in [0.15, 0.2) is 30.5 Å². The summed E-state index contributed by atoms with van der Waals surface area (Å²) in [6.07, 6.45) is 1.96. The molecule has 94 valence electrons. The van der Waals surface area contributed by atoms with Crippen LogP contribution in [0.1, 0.15) is 5.56 Å². The zero-order valence-corrected chi connectivity index (χ0v) is 10.7. The van der Waals surface area contributed by atoms with Gasteiger partial charge in [-0.1, -0.05) is 18.2 Å². The van der Waals surface area contributed by atoms with E-state index in [-0.39, 0.29) is 11.9 Å². The predicted molar refractivity (Wildman–Crippen MR) is 74.4 cm³/mol. The fourth-order valence-corrected chi connectivity index (χ4v) is 3.09. The van der Waals surface area contributed by atoms with Gasteiger partial charge in [0, 0.05) is 35.3 Å². The van der Waals surface area contributed by atoms with Crippen LogP contribution < -0.4 is 10.6 Å². The number of hydrogen-bond acceptors (Lipinski definition) is 3. The average Bonchev–Trinajstić information content (AvgIpc) is 3.06. The molecule has 3 rings (SSSR count). The highest BCUT2D eigenvalue weighted by atomic mass is 32.2. The maximum atomic E-state index is 11.9. The molecule has 5 heteroatoms. The molecule has 2 aromatic rings. The zero-order valence-electron chi connectivity index (χ0n) is 9.90. The van der Waals surface area contributed by atoms with Crippen LogP contribution >= 0.6 is 11.8 Å². The number of nitrogens with one attached hydrogen (secondary N) is 3. The predicted octanol–water partition coefficient (Wildman–Crippen LogP) is 1.45. The monoisotopic (exact) mass is 261 g/mol. The van der Waals surface area contributed by atoms with Crippen LogP contribution in [0.4, 0.5) is 0 Å². The summed E-state index contributed by atoms with van der Waals surface area (Å²) in [5.74, 6) is 1.82. The van der Waals surface area contributed by atoms with Crippen molar-refractivity contribution in [2.24, 2.45) is 0 Å². The molecule has 18 heavy (non-hydrogen) atoms. The molecule has 1 aromatic carbocycles. The van der Waals surface area contributed by atoms with E-state index < -0.39 is 0 Å². The molecule has 1 aromatic heterocycles. The quantitative estimate of drug-likeness (QED) is 0.784. The van der Waals surface area contributed by atoms with Gasteiger partial charge in [-0.05, 0) is 11.6 Å². The molecule has 0 radical (unpaired) electrons. The topological polar surface area (TPSA) is 56.9 Å². The van der Waals surface area contributed by atoms with E-state index in [1.54, 1.807) is 11.8 Å². The third-order valence-corrected chi connectivity index (χ3v) is 4.10. The first-order valence-electron chi connectivity index (χ1n) is 5.98. The Bertz CT molecular complexity index is 560. The number of benzene rings is 1. The minimum atomic E-state index is -0.0415. The molecule has 2 heterocycles. The Morgan fingerprint density at radius 1 is 1.44 bits per heavy atom. The van der Waals surface area contributed by atoms with Crippen molar-refractivity contribution in [3.8, 4) is 0 Å². The number of aromatic nitrogens is 1. The lowest BCUT2D eigenvalue weighted by atomic mass is 10.2. The van der Waals surface area contributed by atoms with E-state index >= 15 is 0 Å². The van der Waals surface area contributed by atoms with E-state index in [4.69, 9.17) is 0 Å². The van der Waals surface area contributed by atoms with E-state index in [0.29, 0.717) is 6.54 Å². The van der Waals surface area contributed by atoms with Gasteiger partial charge in [-0.15, -0.1) is 11.8 Å². The van der Waals surface area contributed by atoms with E-state index in [0.717, 1.165) is 22.7 Å². The molecule has 1 atom stereocenters. The molecule has 0 saturated carbocycles. The first kappa shape index (κ1) is 11.6. The Morgan fingerprint density at radius 2 is 2.33 bits per heavy atom. The molecule has 1 aliphatic heterocycles. The van der Waals surface area contributed by atoms with E-state index in [1.165, 1.54) is 5.39 Å². The summed E-state index contributed by atoms with van der Waals surface area (Å²) >= 11 is 1.76. The summed E-state index contributed by atoms with van der Waals surface area (Å²) < 4.78 is 0. The molecule has 0 bridgehead atoms. The van der Waals surface area contributed by atoms with Crippen molar-refractivity contribution in [3.63, 3.8) is 0 Å². The van der Waals surface area contributed by atoms with Gasteiger partial charge in [0.15, 0.2) is 0 Å². The Morgan fingerprint density at radius 3 is 3.17 bits per heavy atom. The standard InChI is InChI=1S/C13H15N3OS/c17-13(12-7-18-8-16-12)15-6-9-5-14-11-4-2-1-3-10(9)11/h1-5,12,14,16H,6-8H2,(H,15,17). The van der Waals surface area contributed by atoms with Crippen molar-refractivity contribution in [1.82, 2.24) is 15.6 Å². The van der Waals surface area contributed by atoms with Crippen molar-refractivity contribution in [1.29, 1.82) is 0 Å². The highest BCUT2D eigenvalue weighted by Gasteiger charge is 2.22. The first-order valence-corrected chi connectivity index (χ1v) is 7.14. The van der Waals surface area contributed by atoms with Crippen LogP contribution in [0.5, 0.6) is 0 Å². The van der Waals surface area contributed by atoms with Gasteiger partial charge in [0.2, 0.25) is 5.91 Å². The van der Waals surface area contributed by atoms with Gasteiger partial charge in [0.05, 0.1) is 6.04 Å². The number of thioether (sulfide) groups is 1. The van der Waals surface area contributed by atoms with Gasteiger partial charge < -0.3 is 10.3 Å². The van der Waals surface area contributed by atoms with Crippen LogP contribution in [-0.4, -0.2) is 28.6 Å². The zero-order chi connectivity index (χ0) is 12.4. The van der Waals surface area contributed by atoms with Gasteiger partial charge in [0.25, 0.3) is 0 Å². The molecule has 3 N–H and O–H groups in total. The van der Waals surface area contributed by atoms with Gasteiger partial charge in [-0.25, -0.2) is 0 Å². The number of amides is 1. The first-order chi connectivity index (χ1) is 8.84. The van der Waals surface area contributed by atoms with Gasteiger partial charge in [-0.3, -0.25) is 10.1 Å². The summed E-state index contributed by atoms with van der Waals surface area (Å²) in [6.45, 7) is 0.575. The number of aromatic amines is 1. The van der Waals surface area contributed by atoms with Gasteiger partial charge in [0.1, 0.15) is 0 Å². The van der Waals surface area contributed by atoms with Crippen LogP contribution in [0, 0.1) is 0 Å². The van der Waals surface area contributed by atoms with E-state index in [1.807, 2.05) is 24.4 Å². The number of carbonyl (C=O) groups is 1. The van der Waals surface area contributed by atoms with E-state index in [9.17, 15) is 4.79 Å². The molecule has 4 nitrogen and oxygen atoms in total. The largest absolute Gasteiger partial charge is 0.361 e. The minimum absolute atomic E-state index is 0.0415. The average molecular weight is 261 g/mol. The molecule has 1 saturated heterocycles. The molecule has 1 aliphatic rings. The second kappa shape index (κ2) is 5.04. The number of carbonyl (C=O) groups excluding carboxylic acids is 1. The van der Waals surface area contributed by atoms with Crippen LogP contribution in [-0.2, 0) is 11.3 Å². The Labute approximate surface area is 110 Å². The summed E-state index contributed by atoms with van der Waals surface area (Å²) in [5, 5.41) is 7.32. The molecule has 1 amide bonds. The second-order valence-electron chi connectivity index (χ2n) is 4.35. The molecular weight excluding hydrogens is 246 g/mol. The van der Waals surface area contributed by atoms with Crippen molar-refractivity contribution in [3.05, 3.63) is 36.0 Å². The van der Waals surface area contributed by atoms with Crippen molar-refractivity contribution >= 4 is 28.6 Å². The third kappa shape index (κ3) is 2.23. The lowest BCUT2D eigenvalue weighted by molar-refractivity contribution is -0.122. The number of hydrogen-bond donors (Lipinski definition) is 3. The normalized spacial score (nSPS) is 19.2.